The Hall–Kier alpha value is -2.16. The molecule has 0 aromatic heterocycles. The van der Waals surface area contributed by atoms with Crippen LogP contribution in [0.25, 0.3) is 0 Å². The Balaban J connectivity index is 1.73. The molecule has 9 heteroatoms. The molecule has 1 fully saturated rings. The zero-order valence-corrected chi connectivity index (χ0v) is 18.3. The summed E-state index contributed by atoms with van der Waals surface area (Å²) in [6.45, 7) is 2.19. The second-order valence-electron chi connectivity index (χ2n) is 7.28. The van der Waals surface area contributed by atoms with Crippen LogP contribution in [-0.2, 0) is 14.8 Å². The quantitative estimate of drug-likeness (QED) is 0.721. The number of piperidine rings is 1. The molecule has 1 N–H and O–H groups in total. The molecule has 0 saturated carbocycles. The maximum Gasteiger partial charge on any atom is 0.246 e. The third-order valence-electron chi connectivity index (χ3n) is 5.23. The standard InChI is InChI=1S/C21H24ClFN2O4S/c1-14(15-5-8-18(23)9-6-15)24-21(26)16-4-3-11-25(13-16)30(27,28)20-12-17(22)7-10-19(20)29-2/h5-10,12,14,16H,3-4,11,13H2,1-2H3,(H,24,26). The van der Waals surface area contributed by atoms with Gasteiger partial charge in [-0.3, -0.25) is 4.79 Å². The predicted octanol–water partition coefficient (Wildman–Crippen LogP) is 3.77. The van der Waals surface area contributed by atoms with E-state index in [-0.39, 0.29) is 40.0 Å². The van der Waals surface area contributed by atoms with Crippen LogP contribution in [-0.4, -0.2) is 38.8 Å². The summed E-state index contributed by atoms with van der Waals surface area (Å²) in [4.78, 5) is 12.8. The van der Waals surface area contributed by atoms with Crippen molar-refractivity contribution in [3.8, 4) is 5.75 Å². The van der Waals surface area contributed by atoms with Gasteiger partial charge in [0.2, 0.25) is 15.9 Å². The van der Waals surface area contributed by atoms with Crippen LogP contribution in [0.2, 0.25) is 5.02 Å². The van der Waals surface area contributed by atoms with E-state index in [1.165, 1.54) is 35.7 Å². The van der Waals surface area contributed by atoms with Crippen LogP contribution in [0, 0.1) is 11.7 Å². The first-order valence-electron chi connectivity index (χ1n) is 9.62. The van der Waals surface area contributed by atoms with Crippen molar-refractivity contribution in [2.45, 2.75) is 30.7 Å². The molecule has 2 unspecified atom stereocenters. The molecule has 30 heavy (non-hydrogen) atoms. The molecule has 0 bridgehead atoms. The Labute approximate surface area is 181 Å². The van der Waals surface area contributed by atoms with E-state index >= 15 is 0 Å². The van der Waals surface area contributed by atoms with E-state index in [0.29, 0.717) is 19.4 Å². The molecule has 2 aromatic rings. The van der Waals surface area contributed by atoms with E-state index in [9.17, 15) is 17.6 Å². The summed E-state index contributed by atoms with van der Waals surface area (Å²) >= 11 is 6.00. The minimum atomic E-state index is -3.88. The molecular formula is C21H24ClFN2O4S. The van der Waals surface area contributed by atoms with Gasteiger partial charge in [0, 0.05) is 18.1 Å². The molecule has 0 radical (unpaired) electrons. The second-order valence-corrected chi connectivity index (χ2v) is 9.62. The summed E-state index contributed by atoms with van der Waals surface area (Å²) in [6, 6.07) is 10.0. The van der Waals surface area contributed by atoms with E-state index in [2.05, 4.69) is 5.32 Å². The van der Waals surface area contributed by atoms with Gasteiger partial charge in [0.25, 0.3) is 0 Å². The first kappa shape index (κ1) is 22.5. The van der Waals surface area contributed by atoms with Crippen LogP contribution in [0.1, 0.15) is 31.4 Å². The van der Waals surface area contributed by atoms with Gasteiger partial charge in [-0.05, 0) is 55.7 Å². The summed E-state index contributed by atoms with van der Waals surface area (Å²) in [6.07, 6.45) is 1.14. The molecule has 6 nitrogen and oxygen atoms in total. The van der Waals surface area contributed by atoms with Crippen molar-refractivity contribution in [1.82, 2.24) is 9.62 Å². The lowest BCUT2D eigenvalue weighted by Gasteiger charge is -2.32. The van der Waals surface area contributed by atoms with Crippen LogP contribution in [0.5, 0.6) is 5.75 Å². The molecule has 2 aromatic carbocycles. The van der Waals surface area contributed by atoms with Crippen LogP contribution >= 0.6 is 11.6 Å². The normalized spacial score (nSPS) is 18.6. The van der Waals surface area contributed by atoms with Crippen LogP contribution in [0.15, 0.2) is 47.4 Å². The van der Waals surface area contributed by atoms with Crippen molar-refractivity contribution >= 4 is 27.5 Å². The highest BCUT2D eigenvalue weighted by atomic mass is 35.5. The maximum atomic E-state index is 13.2. The molecular weight excluding hydrogens is 431 g/mol. The number of methoxy groups -OCH3 is 1. The predicted molar refractivity (Wildman–Crippen MR) is 112 cm³/mol. The average Bonchev–Trinajstić information content (AvgIpc) is 2.74. The van der Waals surface area contributed by atoms with Gasteiger partial charge in [0.15, 0.2) is 0 Å². The van der Waals surface area contributed by atoms with Crippen molar-refractivity contribution in [1.29, 1.82) is 0 Å². The van der Waals surface area contributed by atoms with Gasteiger partial charge >= 0.3 is 0 Å². The number of benzene rings is 2. The Morgan fingerprint density at radius 1 is 1.27 bits per heavy atom. The lowest BCUT2D eigenvalue weighted by Crippen LogP contribution is -2.45. The second kappa shape index (κ2) is 9.32. The number of carbonyl (C=O) groups excluding carboxylic acids is 1. The highest BCUT2D eigenvalue weighted by Crippen LogP contribution is 2.32. The van der Waals surface area contributed by atoms with E-state index in [1.807, 2.05) is 0 Å². The van der Waals surface area contributed by atoms with E-state index in [4.69, 9.17) is 16.3 Å². The molecule has 1 amide bonds. The van der Waals surface area contributed by atoms with Gasteiger partial charge in [0.05, 0.1) is 19.1 Å². The van der Waals surface area contributed by atoms with Crippen molar-refractivity contribution in [2.24, 2.45) is 5.92 Å². The number of ether oxygens (including phenoxy) is 1. The smallest absolute Gasteiger partial charge is 0.246 e. The number of carbonyl (C=O) groups is 1. The van der Waals surface area contributed by atoms with E-state index < -0.39 is 15.9 Å². The average molecular weight is 455 g/mol. The van der Waals surface area contributed by atoms with Crippen LogP contribution < -0.4 is 10.1 Å². The molecule has 3 rings (SSSR count). The Bertz CT molecular complexity index is 1010. The molecule has 1 heterocycles. The molecule has 162 valence electrons. The van der Waals surface area contributed by atoms with Gasteiger partial charge in [0.1, 0.15) is 16.5 Å². The maximum absolute atomic E-state index is 13.2. The fraction of sp³-hybridized carbons (Fsp3) is 0.381. The summed E-state index contributed by atoms with van der Waals surface area (Å²) in [5, 5.41) is 3.19. The number of rotatable bonds is 6. The third kappa shape index (κ3) is 4.94. The Kier molecular flexibility index (Phi) is 7.00. The third-order valence-corrected chi connectivity index (χ3v) is 7.35. The molecule has 2 atom stereocenters. The van der Waals surface area contributed by atoms with Crippen molar-refractivity contribution in [3.63, 3.8) is 0 Å². The van der Waals surface area contributed by atoms with Crippen molar-refractivity contribution < 1.29 is 22.3 Å². The molecule has 1 saturated heterocycles. The number of hydrogen-bond donors (Lipinski definition) is 1. The van der Waals surface area contributed by atoms with Crippen LogP contribution in [0.3, 0.4) is 0 Å². The fourth-order valence-corrected chi connectivity index (χ4v) is 5.47. The first-order valence-corrected chi connectivity index (χ1v) is 11.4. The lowest BCUT2D eigenvalue weighted by molar-refractivity contribution is -0.126. The number of amides is 1. The minimum absolute atomic E-state index is 0.0155. The number of sulfonamides is 1. The van der Waals surface area contributed by atoms with Crippen molar-refractivity contribution in [3.05, 3.63) is 58.9 Å². The minimum Gasteiger partial charge on any atom is -0.495 e. The Morgan fingerprint density at radius 3 is 2.63 bits per heavy atom. The lowest BCUT2D eigenvalue weighted by atomic mass is 9.98. The van der Waals surface area contributed by atoms with Gasteiger partial charge in [-0.2, -0.15) is 4.31 Å². The topological polar surface area (TPSA) is 75.7 Å². The summed E-state index contributed by atoms with van der Waals surface area (Å²) in [5.74, 6) is -0.857. The number of nitrogens with zero attached hydrogens (tertiary/aromatic N) is 1. The first-order chi connectivity index (χ1) is 14.2. The summed E-state index contributed by atoms with van der Waals surface area (Å²) in [7, 11) is -2.48. The zero-order chi connectivity index (χ0) is 21.9. The van der Waals surface area contributed by atoms with Gasteiger partial charge in [-0.1, -0.05) is 23.7 Å². The zero-order valence-electron chi connectivity index (χ0n) is 16.8. The molecule has 0 aliphatic carbocycles. The van der Waals surface area contributed by atoms with E-state index in [0.717, 1.165) is 5.56 Å². The van der Waals surface area contributed by atoms with Gasteiger partial charge < -0.3 is 10.1 Å². The molecule has 1 aliphatic heterocycles. The van der Waals surface area contributed by atoms with Gasteiger partial charge in [-0.15, -0.1) is 0 Å². The van der Waals surface area contributed by atoms with Crippen LogP contribution in [0.4, 0.5) is 4.39 Å². The molecule has 0 spiro atoms. The number of halogens is 2. The summed E-state index contributed by atoms with van der Waals surface area (Å²) in [5.41, 5.74) is 0.772. The summed E-state index contributed by atoms with van der Waals surface area (Å²) < 4.78 is 46.0. The Morgan fingerprint density at radius 2 is 1.97 bits per heavy atom. The van der Waals surface area contributed by atoms with Gasteiger partial charge in [-0.25, -0.2) is 12.8 Å². The highest BCUT2D eigenvalue weighted by molar-refractivity contribution is 7.89. The molecule has 1 aliphatic rings. The monoisotopic (exact) mass is 454 g/mol. The highest BCUT2D eigenvalue weighted by Gasteiger charge is 2.35. The SMILES string of the molecule is COc1ccc(Cl)cc1S(=O)(=O)N1CCCC(C(=O)NC(C)c2ccc(F)cc2)C1. The largest absolute Gasteiger partial charge is 0.495 e. The number of hydrogen-bond acceptors (Lipinski definition) is 4. The fourth-order valence-electron chi connectivity index (χ4n) is 3.53. The number of nitrogens with one attached hydrogen (secondary N) is 1. The van der Waals surface area contributed by atoms with E-state index in [1.54, 1.807) is 25.1 Å². The van der Waals surface area contributed by atoms with Crippen molar-refractivity contribution in [2.75, 3.05) is 20.2 Å².